The molecule has 1 saturated heterocycles. The van der Waals surface area contributed by atoms with Gasteiger partial charge in [-0.05, 0) is 6.42 Å². The predicted octanol–water partition coefficient (Wildman–Crippen LogP) is 0.156. The van der Waals surface area contributed by atoms with Crippen molar-refractivity contribution in [2.75, 3.05) is 13.2 Å². The number of aliphatic hydroxyl groups is 1. The first-order chi connectivity index (χ1) is 5.29. The third kappa shape index (κ3) is 1.60. The fourth-order valence-corrected chi connectivity index (χ4v) is 1.32. The standard InChI is InChI=1S/C8H13NO2/c1-2-7(6-10)9-5-3-4-8(9)11/h2,7,10H,1,3-6H2. The van der Waals surface area contributed by atoms with Crippen LogP contribution in [0.15, 0.2) is 12.7 Å². The predicted molar refractivity (Wildman–Crippen MR) is 42.0 cm³/mol. The van der Waals surface area contributed by atoms with Gasteiger partial charge in [-0.2, -0.15) is 0 Å². The normalized spacial score (nSPS) is 20.5. The van der Waals surface area contributed by atoms with E-state index in [9.17, 15) is 4.79 Å². The Morgan fingerprint density at radius 1 is 1.82 bits per heavy atom. The zero-order valence-electron chi connectivity index (χ0n) is 6.49. The minimum absolute atomic E-state index is 0.0186. The summed E-state index contributed by atoms with van der Waals surface area (Å²) in [5.41, 5.74) is 0. The Kier molecular flexibility index (Phi) is 2.65. The van der Waals surface area contributed by atoms with Gasteiger partial charge in [0.1, 0.15) is 0 Å². The van der Waals surface area contributed by atoms with Crippen LogP contribution in [0.4, 0.5) is 0 Å². The highest BCUT2D eigenvalue weighted by Crippen LogP contribution is 2.13. The highest BCUT2D eigenvalue weighted by molar-refractivity contribution is 5.78. The van der Waals surface area contributed by atoms with Gasteiger partial charge in [-0.15, -0.1) is 6.58 Å². The van der Waals surface area contributed by atoms with E-state index in [1.165, 1.54) is 0 Å². The van der Waals surface area contributed by atoms with E-state index in [0.29, 0.717) is 6.42 Å². The summed E-state index contributed by atoms with van der Waals surface area (Å²) < 4.78 is 0. The average Bonchev–Trinajstić information content (AvgIpc) is 2.40. The molecular weight excluding hydrogens is 142 g/mol. The summed E-state index contributed by atoms with van der Waals surface area (Å²) >= 11 is 0. The van der Waals surface area contributed by atoms with E-state index in [0.717, 1.165) is 13.0 Å². The van der Waals surface area contributed by atoms with Crippen LogP contribution in [0.25, 0.3) is 0 Å². The lowest BCUT2D eigenvalue weighted by Crippen LogP contribution is -2.37. The van der Waals surface area contributed by atoms with Crippen molar-refractivity contribution in [3.63, 3.8) is 0 Å². The molecule has 1 aliphatic rings. The summed E-state index contributed by atoms with van der Waals surface area (Å²) in [5.74, 6) is 0.129. The molecule has 0 saturated carbocycles. The lowest BCUT2D eigenvalue weighted by Gasteiger charge is -2.22. The van der Waals surface area contributed by atoms with Crippen LogP contribution in [0.1, 0.15) is 12.8 Å². The first kappa shape index (κ1) is 8.27. The van der Waals surface area contributed by atoms with Crippen molar-refractivity contribution in [1.29, 1.82) is 0 Å². The monoisotopic (exact) mass is 155 g/mol. The molecule has 0 aromatic heterocycles. The van der Waals surface area contributed by atoms with Gasteiger partial charge in [-0.1, -0.05) is 6.08 Å². The molecule has 0 aromatic carbocycles. The lowest BCUT2D eigenvalue weighted by atomic mass is 10.3. The fourth-order valence-electron chi connectivity index (χ4n) is 1.32. The molecule has 1 amide bonds. The van der Waals surface area contributed by atoms with Crippen LogP contribution in [-0.2, 0) is 4.79 Å². The van der Waals surface area contributed by atoms with Crippen molar-refractivity contribution in [1.82, 2.24) is 4.90 Å². The van der Waals surface area contributed by atoms with E-state index in [-0.39, 0.29) is 18.6 Å². The van der Waals surface area contributed by atoms with Crippen LogP contribution in [0, 0.1) is 0 Å². The van der Waals surface area contributed by atoms with E-state index in [2.05, 4.69) is 6.58 Å². The quantitative estimate of drug-likeness (QED) is 0.589. The molecular formula is C8H13NO2. The van der Waals surface area contributed by atoms with Gasteiger partial charge in [-0.25, -0.2) is 0 Å². The summed E-state index contributed by atoms with van der Waals surface area (Å²) in [6.45, 7) is 4.30. The number of nitrogens with zero attached hydrogens (tertiary/aromatic N) is 1. The third-order valence-corrected chi connectivity index (χ3v) is 1.97. The molecule has 3 nitrogen and oxygen atoms in total. The van der Waals surface area contributed by atoms with Crippen molar-refractivity contribution >= 4 is 5.91 Å². The van der Waals surface area contributed by atoms with Gasteiger partial charge in [0.2, 0.25) is 5.91 Å². The number of amides is 1. The Hall–Kier alpha value is -0.830. The molecule has 1 aliphatic heterocycles. The van der Waals surface area contributed by atoms with Gasteiger partial charge in [0.05, 0.1) is 12.6 Å². The summed E-state index contributed by atoms with van der Waals surface area (Å²) in [6.07, 6.45) is 3.14. The second kappa shape index (κ2) is 3.53. The van der Waals surface area contributed by atoms with Crippen LogP contribution in [-0.4, -0.2) is 35.1 Å². The van der Waals surface area contributed by atoms with Gasteiger partial charge in [-0.3, -0.25) is 4.79 Å². The zero-order chi connectivity index (χ0) is 8.27. The second-order valence-electron chi connectivity index (χ2n) is 2.68. The highest BCUT2D eigenvalue weighted by atomic mass is 16.3. The lowest BCUT2D eigenvalue weighted by molar-refractivity contribution is -0.129. The number of carbonyl (C=O) groups excluding carboxylic acids is 1. The number of likely N-dealkylation sites (tertiary alicyclic amines) is 1. The molecule has 1 atom stereocenters. The fraction of sp³-hybridized carbons (Fsp3) is 0.625. The van der Waals surface area contributed by atoms with Crippen molar-refractivity contribution < 1.29 is 9.90 Å². The van der Waals surface area contributed by atoms with Crippen molar-refractivity contribution in [3.8, 4) is 0 Å². The Balaban J connectivity index is 2.56. The van der Waals surface area contributed by atoms with Crippen molar-refractivity contribution in [3.05, 3.63) is 12.7 Å². The maximum atomic E-state index is 11.1. The molecule has 1 rings (SSSR count). The van der Waals surface area contributed by atoms with E-state index in [4.69, 9.17) is 5.11 Å². The number of hydrogen-bond acceptors (Lipinski definition) is 2. The van der Waals surface area contributed by atoms with E-state index in [1.54, 1.807) is 11.0 Å². The number of rotatable bonds is 3. The summed E-state index contributed by atoms with van der Waals surface area (Å²) in [6, 6.07) is -0.176. The molecule has 1 fully saturated rings. The first-order valence-electron chi connectivity index (χ1n) is 3.82. The van der Waals surface area contributed by atoms with Crippen LogP contribution in [0.3, 0.4) is 0 Å². The van der Waals surface area contributed by atoms with Crippen LogP contribution in [0.2, 0.25) is 0 Å². The molecule has 0 aliphatic carbocycles. The van der Waals surface area contributed by atoms with Crippen LogP contribution in [0.5, 0.6) is 0 Å². The molecule has 1 N–H and O–H groups in total. The SMILES string of the molecule is C=CC(CO)N1CCCC1=O. The molecule has 1 heterocycles. The summed E-state index contributed by atoms with van der Waals surface area (Å²) in [4.78, 5) is 12.8. The molecule has 62 valence electrons. The number of hydrogen-bond donors (Lipinski definition) is 1. The molecule has 0 bridgehead atoms. The summed E-state index contributed by atoms with van der Waals surface area (Å²) in [5, 5.41) is 8.84. The third-order valence-electron chi connectivity index (χ3n) is 1.97. The first-order valence-corrected chi connectivity index (χ1v) is 3.82. The van der Waals surface area contributed by atoms with E-state index < -0.39 is 0 Å². The minimum atomic E-state index is -0.176. The van der Waals surface area contributed by atoms with Crippen LogP contribution >= 0.6 is 0 Å². The highest BCUT2D eigenvalue weighted by Gasteiger charge is 2.24. The van der Waals surface area contributed by atoms with E-state index >= 15 is 0 Å². The van der Waals surface area contributed by atoms with Crippen LogP contribution < -0.4 is 0 Å². The van der Waals surface area contributed by atoms with Gasteiger partial charge in [0, 0.05) is 13.0 Å². The maximum absolute atomic E-state index is 11.1. The van der Waals surface area contributed by atoms with E-state index in [1.807, 2.05) is 0 Å². The Labute approximate surface area is 66.3 Å². The van der Waals surface area contributed by atoms with Crippen molar-refractivity contribution in [2.24, 2.45) is 0 Å². The maximum Gasteiger partial charge on any atom is 0.223 e. The van der Waals surface area contributed by atoms with Gasteiger partial charge in [0.15, 0.2) is 0 Å². The van der Waals surface area contributed by atoms with Gasteiger partial charge >= 0.3 is 0 Å². The Morgan fingerprint density at radius 3 is 2.91 bits per heavy atom. The smallest absolute Gasteiger partial charge is 0.223 e. The number of carbonyl (C=O) groups is 1. The molecule has 0 spiro atoms. The Bertz CT molecular complexity index is 167. The topological polar surface area (TPSA) is 40.5 Å². The molecule has 11 heavy (non-hydrogen) atoms. The van der Waals surface area contributed by atoms with Gasteiger partial charge < -0.3 is 10.0 Å². The summed E-state index contributed by atoms with van der Waals surface area (Å²) in [7, 11) is 0. The van der Waals surface area contributed by atoms with Gasteiger partial charge in [0.25, 0.3) is 0 Å². The van der Waals surface area contributed by atoms with Crippen molar-refractivity contribution in [2.45, 2.75) is 18.9 Å². The Morgan fingerprint density at radius 2 is 2.55 bits per heavy atom. The average molecular weight is 155 g/mol. The second-order valence-corrected chi connectivity index (χ2v) is 2.68. The molecule has 0 radical (unpaired) electrons. The molecule has 0 aromatic rings. The minimum Gasteiger partial charge on any atom is -0.394 e. The molecule has 3 heteroatoms. The largest absolute Gasteiger partial charge is 0.394 e. The molecule has 1 unspecified atom stereocenters. The zero-order valence-corrected chi connectivity index (χ0v) is 6.49. The number of aliphatic hydroxyl groups excluding tert-OH is 1.